The smallest absolute Gasteiger partial charge is 0.255 e. The molecule has 2 rings (SSSR count). The lowest BCUT2D eigenvalue weighted by atomic mass is 10.1. The fourth-order valence-electron chi connectivity index (χ4n) is 1.51. The van der Waals surface area contributed by atoms with Gasteiger partial charge in [-0.2, -0.15) is 5.26 Å². The van der Waals surface area contributed by atoms with Crippen molar-refractivity contribution in [3.8, 4) is 11.8 Å². The van der Waals surface area contributed by atoms with Gasteiger partial charge in [-0.1, -0.05) is 18.2 Å². The van der Waals surface area contributed by atoms with Crippen molar-refractivity contribution in [2.45, 2.75) is 6.42 Å². The van der Waals surface area contributed by atoms with Crippen molar-refractivity contribution in [1.82, 2.24) is 4.57 Å². The summed E-state index contributed by atoms with van der Waals surface area (Å²) in [5, 5.41) is 8.54. The number of hydrogen-bond acceptors (Lipinski definition) is 2. The summed E-state index contributed by atoms with van der Waals surface area (Å²) < 4.78 is 1.57. The van der Waals surface area contributed by atoms with E-state index in [1.54, 1.807) is 16.8 Å². The lowest BCUT2D eigenvalue weighted by Gasteiger charge is -2.04. The van der Waals surface area contributed by atoms with Crippen LogP contribution in [0.15, 0.2) is 53.5 Å². The van der Waals surface area contributed by atoms with Crippen molar-refractivity contribution in [2.24, 2.45) is 0 Å². The standard InChI is InChI=1S/C13H10N2O/c14-9-8-11-4-6-12(7-5-11)15-10-2-1-3-13(15)16/h1-7,10H,8H2. The molecule has 0 radical (unpaired) electrons. The first-order chi connectivity index (χ1) is 7.81. The molecule has 78 valence electrons. The molecule has 0 unspecified atom stereocenters. The average molecular weight is 210 g/mol. The maximum absolute atomic E-state index is 11.5. The van der Waals surface area contributed by atoms with Gasteiger partial charge in [0.2, 0.25) is 0 Å². The molecule has 0 saturated heterocycles. The van der Waals surface area contributed by atoms with E-state index in [0.717, 1.165) is 11.3 Å². The Morgan fingerprint density at radius 1 is 1.12 bits per heavy atom. The van der Waals surface area contributed by atoms with Gasteiger partial charge in [-0.15, -0.1) is 0 Å². The second kappa shape index (κ2) is 4.45. The molecule has 0 N–H and O–H groups in total. The van der Waals surface area contributed by atoms with Crippen LogP contribution in [-0.4, -0.2) is 4.57 Å². The highest BCUT2D eigenvalue weighted by molar-refractivity contribution is 5.35. The number of pyridine rings is 1. The number of benzene rings is 1. The van der Waals surface area contributed by atoms with Crippen LogP contribution in [0.3, 0.4) is 0 Å². The molecule has 1 aromatic heterocycles. The Balaban J connectivity index is 2.40. The van der Waals surface area contributed by atoms with Crippen LogP contribution in [0.25, 0.3) is 5.69 Å². The van der Waals surface area contributed by atoms with Gasteiger partial charge in [0.05, 0.1) is 12.5 Å². The van der Waals surface area contributed by atoms with Gasteiger partial charge in [0.1, 0.15) is 0 Å². The van der Waals surface area contributed by atoms with Crippen LogP contribution in [0.5, 0.6) is 0 Å². The molecule has 1 heterocycles. The van der Waals surface area contributed by atoms with Gasteiger partial charge in [-0.25, -0.2) is 0 Å². The molecule has 1 aromatic carbocycles. The van der Waals surface area contributed by atoms with Crippen molar-refractivity contribution < 1.29 is 0 Å². The van der Waals surface area contributed by atoms with E-state index in [9.17, 15) is 4.79 Å². The summed E-state index contributed by atoms with van der Waals surface area (Å²) in [5.74, 6) is 0. The normalized spacial score (nSPS) is 9.69. The largest absolute Gasteiger partial charge is 0.284 e. The van der Waals surface area contributed by atoms with Crippen LogP contribution in [-0.2, 0) is 6.42 Å². The molecule has 3 nitrogen and oxygen atoms in total. The number of nitrogens with zero attached hydrogens (tertiary/aromatic N) is 2. The molecule has 0 aliphatic heterocycles. The lowest BCUT2D eigenvalue weighted by molar-refractivity contribution is 0.988. The predicted molar refractivity (Wildman–Crippen MR) is 61.4 cm³/mol. The Bertz CT molecular complexity index is 576. The fourth-order valence-corrected chi connectivity index (χ4v) is 1.51. The van der Waals surface area contributed by atoms with E-state index < -0.39 is 0 Å². The molecular weight excluding hydrogens is 200 g/mol. The summed E-state index contributed by atoms with van der Waals surface area (Å²) in [6.07, 6.45) is 2.12. The van der Waals surface area contributed by atoms with Gasteiger partial charge in [-0.05, 0) is 23.8 Å². The number of rotatable bonds is 2. The van der Waals surface area contributed by atoms with Crippen LogP contribution in [0.2, 0.25) is 0 Å². The molecule has 3 heteroatoms. The molecule has 0 fully saturated rings. The van der Waals surface area contributed by atoms with Crippen molar-refractivity contribution in [1.29, 1.82) is 5.26 Å². The second-order valence-electron chi connectivity index (χ2n) is 3.41. The van der Waals surface area contributed by atoms with Crippen LogP contribution in [0.4, 0.5) is 0 Å². The van der Waals surface area contributed by atoms with Crippen molar-refractivity contribution in [3.63, 3.8) is 0 Å². The summed E-state index contributed by atoms with van der Waals surface area (Å²) >= 11 is 0. The maximum Gasteiger partial charge on any atom is 0.255 e. The zero-order valence-electron chi connectivity index (χ0n) is 8.63. The third-order valence-electron chi connectivity index (χ3n) is 2.32. The summed E-state index contributed by atoms with van der Waals surface area (Å²) in [6, 6.07) is 14.5. The first-order valence-corrected chi connectivity index (χ1v) is 4.95. The maximum atomic E-state index is 11.5. The molecule has 0 atom stereocenters. The van der Waals surface area contributed by atoms with Gasteiger partial charge >= 0.3 is 0 Å². The van der Waals surface area contributed by atoms with Crippen LogP contribution < -0.4 is 5.56 Å². The van der Waals surface area contributed by atoms with Crippen LogP contribution >= 0.6 is 0 Å². The highest BCUT2D eigenvalue weighted by Crippen LogP contribution is 2.07. The van der Waals surface area contributed by atoms with E-state index in [4.69, 9.17) is 5.26 Å². The highest BCUT2D eigenvalue weighted by Gasteiger charge is 1.98. The van der Waals surface area contributed by atoms with Crippen molar-refractivity contribution >= 4 is 0 Å². The number of aromatic nitrogens is 1. The van der Waals surface area contributed by atoms with E-state index >= 15 is 0 Å². The van der Waals surface area contributed by atoms with E-state index in [1.807, 2.05) is 30.3 Å². The molecule has 2 aromatic rings. The zero-order valence-corrected chi connectivity index (χ0v) is 8.63. The third kappa shape index (κ3) is 2.01. The summed E-state index contributed by atoms with van der Waals surface area (Å²) in [4.78, 5) is 11.5. The van der Waals surface area contributed by atoms with Gasteiger partial charge in [0.25, 0.3) is 5.56 Å². The van der Waals surface area contributed by atoms with Gasteiger partial charge in [0.15, 0.2) is 0 Å². The van der Waals surface area contributed by atoms with E-state index in [-0.39, 0.29) is 5.56 Å². The summed E-state index contributed by atoms with van der Waals surface area (Å²) in [6.45, 7) is 0. The molecule has 0 spiro atoms. The third-order valence-corrected chi connectivity index (χ3v) is 2.32. The SMILES string of the molecule is N#CCc1ccc(-n2ccccc2=O)cc1. The molecule has 0 bridgehead atoms. The Morgan fingerprint density at radius 3 is 2.50 bits per heavy atom. The van der Waals surface area contributed by atoms with Gasteiger partial charge < -0.3 is 0 Å². The summed E-state index contributed by atoms with van der Waals surface area (Å²) in [7, 11) is 0. The second-order valence-corrected chi connectivity index (χ2v) is 3.41. The Labute approximate surface area is 93.2 Å². The molecule has 0 aliphatic carbocycles. The van der Waals surface area contributed by atoms with Crippen LogP contribution in [0.1, 0.15) is 5.56 Å². The Hall–Kier alpha value is -2.34. The van der Waals surface area contributed by atoms with Crippen molar-refractivity contribution in [3.05, 3.63) is 64.6 Å². The molecule has 16 heavy (non-hydrogen) atoms. The number of hydrogen-bond donors (Lipinski definition) is 0. The summed E-state index contributed by atoms with van der Waals surface area (Å²) in [5.41, 5.74) is 1.71. The predicted octanol–water partition coefficient (Wildman–Crippen LogP) is 1.90. The van der Waals surface area contributed by atoms with E-state index in [2.05, 4.69) is 6.07 Å². The number of nitriles is 1. The van der Waals surface area contributed by atoms with Crippen molar-refractivity contribution in [2.75, 3.05) is 0 Å². The minimum atomic E-state index is -0.0597. The fraction of sp³-hybridized carbons (Fsp3) is 0.0769. The Kier molecular flexibility index (Phi) is 2.84. The average Bonchev–Trinajstić information content (AvgIpc) is 2.31. The zero-order chi connectivity index (χ0) is 11.4. The Morgan fingerprint density at radius 2 is 1.88 bits per heavy atom. The van der Waals surface area contributed by atoms with Crippen LogP contribution in [0, 0.1) is 11.3 Å². The molecule has 0 saturated carbocycles. The minimum absolute atomic E-state index is 0.0597. The van der Waals surface area contributed by atoms with Gasteiger partial charge in [0, 0.05) is 18.0 Å². The highest BCUT2D eigenvalue weighted by atomic mass is 16.1. The molecule has 0 amide bonds. The molecule has 0 aliphatic rings. The first kappa shape index (κ1) is 10.2. The van der Waals surface area contributed by atoms with E-state index in [0.29, 0.717) is 6.42 Å². The quantitative estimate of drug-likeness (QED) is 0.760. The van der Waals surface area contributed by atoms with E-state index in [1.165, 1.54) is 6.07 Å². The minimum Gasteiger partial charge on any atom is -0.284 e. The monoisotopic (exact) mass is 210 g/mol. The first-order valence-electron chi connectivity index (χ1n) is 4.95. The molecular formula is C13H10N2O. The lowest BCUT2D eigenvalue weighted by Crippen LogP contribution is -2.15. The van der Waals surface area contributed by atoms with Gasteiger partial charge in [-0.3, -0.25) is 9.36 Å². The topological polar surface area (TPSA) is 45.8 Å².